The van der Waals surface area contributed by atoms with Crippen LogP contribution in [0.1, 0.15) is 38.5 Å². The summed E-state index contributed by atoms with van der Waals surface area (Å²) in [5, 5.41) is 48.9. The Morgan fingerprint density at radius 3 is 1.54 bits per heavy atom. The molecule has 1 fully saturated rings. The molecule has 2 unspecified atom stereocenters. The van der Waals surface area contributed by atoms with Gasteiger partial charge in [0.2, 0.25) is 0 Å². The van der Waals surface area contributed by atoms with E-state index in [-0.39, 0.29) is 52.0 Å². The van der Waals surface area contributed by atoms with Crippen LogP contribution >= 0.6 is 0 Å². The maximum absolute atomic E-state index is 8.64. The van der Waals surface area contributed by atoms with Crippen molar-refractivity contribution in [2.45, 2.75) is 50.9 Å². The number of aliphatic hydroxyl groups excluding tert-OH is 6. The highest BCUT2D eigenvalue weighted by molar-refractivity contribution is 4.66. The van der Waals surface area contributed by atoms with Gasteiger partial charge in [-0.3, -0.25) is 0 Å². The second-order valence-electron chi connectivity index (χ2n) is 5.44. The van der Waals surface area contributed by atoms with E-state index in [0.717, 1.165) is 12.8 Å². The van der Waals surface area contributed by atoms with Crippen LogP contribution in [0.5, 0.6) is 0 Å². The maximum atomic E-state index is 8.64. The number of hydrogen-bond donors (Lipinski definition) is 6. The fourth-order valence-electron chi connectivity index (χ4n) is 1.73. The van der Waals surface area contributed by atoms with E-state index in [9.17, 15) is 0 Å². The highest BCUT2D eigenvalue weighted by atomic mass is 16.7. The van der Waals surface area contributed by atoms with Gasteiger partial charge in [-0.25, -0.2) is 0 Å². The molecule has 1 rings (SSSR count). The molecular formula is C17H38O9. The molecule has 9 nitrogen and oxygen atoms in total. The monoisotopic (exact) mass is 386 g/mol. The van der Waals surface area contributed by atoms with E-state index >= 15 is 0 Å². The predicted molar refractivity (Wildman–Crippen MR) is 95.6 cm³/mol. The normalized spacial score (nSPS) is 19.2. The molecule has 0 amide bonds. The lowest BCUT2D eigenvalue weighted by Crippen LogP contribution is -2.33. The largest absolute Gasteiger partial charge is 0.396 e. The molecule has 2 atom stereocenters. The van der Waals surface area contributed by atoms with Gasteiger partial charge in [0.05, 0.1) is 19.3 Å². The van der Waals surface area contributed by atoms with Gasteiger partial charge in [-0.15, -0.1) is 0 Å². The van der Waals surface area contributed by atoms with Gasteiger partial charge in [0.15, 0.2) is 6.29 Å². The molecule has 160 valence electrons. The first-order chi connectivity index (χ1) is 12.7. The Labute approximate surface area is 156 Å². The van der Waals surface area contributed by atoms with Crippen LogP contribution in [-0.2, 0) is 14.2 Å². The van der Waals surface area contributed by atoms with Crippen molar-refractivity contribution in [3.63, 3.8) is 0 Å². The summed E-state index contributed by atoms with van der Waals surface area (Å²) < 4.78 is 16.5. The molecule has 0 saturated carbocycles. The standard InChI is InChI=1S/C11H22O5.2C3H8O2/c12-4-1-6-14-10-3-8-16-11(9-10)15-7-2-5-13;2*4-2-1-3-5/h10-13H,1-9H2;2*4-5H,1-3H2. The quantitative estimate of drug-likeness (QED) is 0.232. The van der Waals surface area contributed by atoms with Gasteiger partial charge < -0.3 is 44.8 Å². The molecule has 1 saturated heterocycles. The van der Waals surface area contributed by atoms with Crippen molar-refractivity contribution in [2.24, 2.45) is 0 Å². The number of ether oxygens (including phenoxy) is 3. The van der Waals surface area contributed by atoms with E-state index in [1.165, 1.54) is 0 Å². The second kappa shape index (κ2) is 24.6. The Balaban J connectivity index is 0. The molecule has 0 aromatic heterocycles. The smallest absolute Gasteiger partial charge is 0.160 e. The highest BCUT2D eigenvalue weighted by Gasteiger charge is 2.23. The van der Waals surface area contributed by atoms with Crippen LogP contribution in [0.15, 0.2) is 0 Å². The Bertz CT molecular complexity index is 218. The molecule has 0 bridgehead atoms. The van der Waals surface area contributed by atoms with Crippen molar-refractivity contribution < 1.29 is 44.8 Å². The van der Waals surface area contributed by atoms with Gasteiger partial charge in [0.25, 0.3) is 0 Å². The van der Waals surface area contributed by atoms with E-state index < -0.39 is 0 Å². The molecule has 6 N–H and O–H groups in total. The highest BCUT2D eigenvalue weighted by Crippen LogP contribution is 2.18. The van der Waals surface area contributed by atoms with E-state index in [1.54, 1.807) is 0 Å². The lowest BCUT2D eigenvalue weighted by atomic mass is 10.1. The van der Waals surface area contributed by atoms with E-state index in [4.69, 9.17) is 44.8 Å². The van der Waals surface area contributed by atoms with Crippen molar-refractivity contribution in [1.82, 2.24) is 0 Å². The van der Waals surface area contributed by atoms with Crippen LogP contribution in [0.4, 0.5) is 0 Å². The van der Waals surface area contributed by atoms with Gasteiger partial charge in [-0.05, 0) is 32.1 Å². The van der Waals surface area contributed by atoms with Gasteiger partial charge in [-0.1, -0.05) is 0 Å². The van der Waals surface area contributed by atoms with Gasteiger partial charge in [0, 0.05) is 52.7 Å². The van der Waals surface area contributed by atoms with Crippen molar-refractivity contribution in [3.05, 3.63) is 0 Å². The second-order valence-corrected chi connectivity index (χ2v) is 5.44. The summed E-state index contributed by atoms with van der Waals surface area (Å²) in [7, 11) is 0. The van der Waals surface area contributed by atoms with Crippen LogP contribution in [-0.4, -0.2) is 102 Å². The molecule has 0 aliphatic carbocycles. The average molecular weight is 386 g/mol. The molecule has 0 spiro atoms. The SMILES string of the molecule is OCCCO.OCCCO.OCCCOC1CCOC(OCCCO)C1. The minimum absolute atomic E-state index is 0.0938. The maximum Gasteiger partial charge on any atom is 0.160 e. The molecule has 0 aromatic carbocycles. The van der Waals surface area contributed by atoms with Gasteiger partial charge in [0.1, 0.15) is 0 Å². The van der Waals surface area contributed by atoms with Crippen LogP contribution in [0.2, 0.25) is 0 Å². The Morgan fingerprint density at radius 1 is 0.654 bits per heavy atom. The minimum atomic E-state index is -0.209. The van der Waals surface area contributed by atoms with Crippen molar-refractivity contribution >= 4 is 0 Å². The summed E-state index contributed by atoms with van der Waals surface area (Å²) >= 11 is 0. The molecular weight excluding hydrogens is 348 g/mol. The van der Waals surface area contributed by atoms with E-state index in [2.05, 4.69) is 0 Å². The van der Waals surface area contributed by atoms with Crippen LogP contribution in [0.3, 0.4) is 0 Å². The Hall–Kier alpha value is -0.360. The topological polar surface area (TPSA) is 149 Å². The molecule has 0 aromatic rings. The van der Waals surface area contributed by atoms with Gasteiger partial charge >= 0.3 is 0 Å². The van der Waals surface area contributed by atoms with Crippen LogP contribution in [0.25, 0.3) is 0 Å². The summed E-state index contributed by atoms with van der Waals surface area (Å²) in [6.07, 6.45) is 3.88. The van der Waals surface area contributed by atoms with Crippen molar-refractivity contribution in [1.29, 1.82) is 0 Å². The minimum Gasteiger partial charge on any atom is -0.396 e. The summed E-state index contributed by atoms with van der Waals surface area (Å²) in [5.41, 5.74) is 0. The third-order valence-corrected chi connectivity index (χ3v) is 3.09. The van der Waals surface area contributed by atoms with Gasteiger partial charge in [-0.2, -0.15) is 0 Å². The van der Waals surface area contributed by atoms with E-state index in [1.807, 2.05) is 0 Å². The average Bonchev–Trinajstić information content (AvgIpc) is 2.65. The lowest BCUT2D eigenvalue weighted by molar-refractivity contribution is -0.193. The molecule has 9 heteroatoms. The van der Waals surface area contributed by atoms with E-state index in [0.29, 0.717) is 45.5 Å². The zero-order valence-corrected chi connectivity index (χ0v) is 15.7. The lowest BCUT2D eigenvalue weighted by Gasteiger charge is -2.29. The molecule has 1 heterocycles. The summed E-state index contributed by atoms with van der Waals surface area (Å²) in [4.78, 5) is 0. The molecule has 1 aliphatic rings. The zero-order valence-electron chi connectivity index (χ0n) is 15.7. The number of aliphatic hydroxyl groups is 6. The number of rotatable bonds is 12. The molecule has 0 radical (unpaired) electrons. The first kappa shape index (κ1) is 27.9. The third kappa shape index (κ3) is 21.7. The van der Waals surface area contributed by atoms with Crippen LogP contribution < -0.4 is 0 Å². The predicted octanol–water partition coefficient (Wildman–Crippen LogP) is -0.988. The van der Waals surface area contributed by atoms with Crippen molar-refractivity contribution in [2.75, 3.05) is 59.5 Å². The Kier molecular flexibility index (Phi) is 26.4. The zero-order chi connectivity index (χ0) is 19.9. The van der Waals surface area contributed by atoms with Crippen molar-refractivity contribution in [3.8, 4) is 0 Å². The fourth-order valence-corrected chi connectivity index (χ4v) is 1.73. The van der Waals surface area contributed by atoms with Crippen LogP contribution in [0, 0.1) is 0 Å². The number of hydrogen-bond acceptors (Lipinski definition) is 9. The summed E-state index contributed by atoms with van der Waals surface area (Å²) in [6.45, 7) is 2.44. The first-order valence-corrected chi connectivity index (χ1v) is 9.20. The Morgan fingerprint density at radius 2 is 1.12 bits per heavy atom. The molecule has 26 heavy (non-hydrogen) atoms. The first-order valence-electron chi connectivity index (χ1n) is 9.20. The fraction of sp³-hybridized carbons (Fsp3) is 1.00. The summed E-state index contributed by atoms with van der Waals surface area (Å²) in [5.74, 6) is 0. The summed E-state index contributed by atoms with van der Waals surface area (Å²) in [6, 6.07) is 0. The third-order valence-electron chi connectivity index (χ3n) is 3.09. The molecule has 1 aliphatic heterocycles.